The van der Waals surface area contributed by atoms with Crippen LogP contribution >= 0.6 is 0 Å². The van der Waals surface area contributed by atoms with E-state index < -0.39 is 11.3 Å². The summed E-state index contributed by atoms with van der Waals surface area (Å²) in [5.74, 6) is -0.300. The fraction of sp³-hybridized carbons (Fsp3) is 0.750. The Hall–Kier alpha value is -1.14. The molecule has 0 saturated carbocycles. The van der Waals surface area contributed by atoms with Gasteiger partial charge in [0.1, 0.15) is 0 Å². The molecule has 80 valence electrons. The van der Waals surface area contributed by atoms with Crippen LogP contribution in [0.1, 0.15) is 26.1 Å². The Morgan fingerprint density at radius 1 is 1.71 bits per heavy atom. The van der Waals surface area contributed by atoms with Crippen LogP contribution in [0.15, 0.2) is 9.32 Å². The molecule has 0 bridgehead atoms. The number of nitrogens with one attached hydrogen (secondary N) is 1. The number of aromatic nitrogens is 2. The van der Waals surface area contributed by atoms with Gasteiger partial charge in [0.05, 0.1) is 12.1 Å². The Bertz CT molecular complexity index is 329. The second-order valence-electron chi connectivity index (χ2n) is 3.41. The molecule has 6 nitrogen and oxygen atoms in total. The average Bonchev–Trinajstić information content (AvgIpc) is 2.53. The molecule has 1 aromatic rings. The average molecular weight is 201 g/mol. The van der Waals surface area contributed by atoms with Crippen LogP contribution in [-0.4, -0.2) is 23.4 Å². The largest absolute Gasteiger partial charge is 0.438 e. The van der Waals surface area contributed by atoms with Gasteiger partial charge in [0.15, 0.2) is 5.82 Å². The second-order valence-corrected chi connectivity index (χ2v) is 3.41. The highest BCUT2D eigenvalue weighted by atomic mass is 16.5. The van der Waals surface area contributed by atoms with Crippen LogP contribution in [0.2, 0.25) is 0 Å². The van der Waals surface area contributed by atoms with Gasteiger partial charge in [-0.2, -0.15) is 0 Å². The molecule has 1 atom stereocenters. The predicted molar refractivity (Wildman–Crippen MR) is 49.8 cm³/mol. The van der Waals surface area contributed by atoms with Crippen molar-refractivity contribution in [2.45, 2.75) is 25.8 Å². The van der Waals surface area contributed by atoms with Gasteiger partial charge in [0.25, 0.3) is 0 Å². The Labute approximate surface area is 81.4 Å². The third kappa shape index (κ3) is 2.68. The van der Waals surface area contributed by atoms with Crippen molar-refractivity contribution in [3.8, 4) is 0 Å². The number of rotatable bonds is 5. The number of aromatic amines is 1. The van der Waals surface area contributed by atoms with Crippen molar-refractivity contribution in [1.82, 2.24) is 10.1 Å². The minimum Gasteiger partial charge on any atom is -0.379 e. The predicted octanol–water partition coefficient (Wildman–Crippen LogP) is -0.0366. The maximum atomic E-state index is 10.7. The fourth-order valence-corrected chi connectivity index (χ4v) is 0.973. The maximum absolute atomic E-state index is 10.7. The molecule has 0 aliphatic rings. The molecule has 0 amide bonds. The molecule has 1 heterocycles. The van der Waals surface area contributed by atoms with Gasteiger partial charge in [-0.25, -0.2) is 4.79 Å². The first-order valence-electron chi connectivity index (χ1n) is 4.49. The third-order valence-electron chi connectivity index (χ3n) is 1.73. The number of H-pyrrole nitrogens is 1. The zero-order valence-corrected chi connectivity index (χ0v) is 8.37. The first-order chi connectivity index (χ1) is 6.56. The summed E-state index contributed by atoms with van der Waals surface area (Å²) < 4.78 is 9.64. The van der Waals surface area contributed by atoms with Gasteiger partial charge in [-0.1, -0.05) is 12.1 Å². The van der Waals surface area contributed by atoms with Crippen molar-refractivity contribution in [2.75, 3.05) is 13.2 Å². The molecule has 1 unspecified atom stereocenters. The lowest BCUT2D eigenvalue weighted by atomic mass is 10.1. The minimum absolute atomic E-state index is 0.295. The van der Waals surface area contributed by atoms with E-state index in [1.165, 1.54) is 0 Å². The van der Waals surface area contributed by atoms with Crippen molar-refractivity contribution < 1.29 is 9.26 Å². The van der Waals surface area contributed by atoms with Gasteiger partial charge < -0.3 is 10.5 Å². The summed E-state index contributed by atoms with van der Waals surface area (Å²) >= 11 is 0. The molecule has 0 fully saturated rings. The lowest BCUT2D eigenvalue weighted by molar-refractivity contribution is 0.0867. The van der Waals surface area contributed by atoms with Gasteiger partial charge in [-0.3, -0.25) is 9.51 Å². The second kappa shape index (κ2) is 4.39. The molecule has 0 aromatic carbocycles. The fourth-order valence-electron chi connectivity index (χ4n) is 0.973. The van der Waals surface area contributed by atoms with E-state index in [1.54, 1.807) is 6.92 Å². The van der Waals surface area contributed by atoms with E-state index in [4.69, 9.17) is 10.5 Å². The van der Waals surface area contributed by atoms with Crippen LogP contribution < -0.4 is 11.5 Å². The maximum Gasteiger partial charge on any atom is 0.438 e. The topological polar surface area (TPSA) is 94.1 Å². The third-order valence-corrected chi connectivity index (χ3v) is 1.73. The lowest BCUT2D eigenvalue weighted by Gasteiger charge is -2.20. The van der Waals surface area contributed by atoms with Crippen LogP contribution in [0.3, 0.4) is 0 Å². The molecule has 14 heavy (non-hydrogen) atoms. The minimum atomic E-state index is -0.818. The van der Waals surface area contributed by atoms with E-state index in [1.807, 2.05) is 6.92 Å². The van der Waals surface area contributed by atoms with E-state index >= 15 is 0 Å². The molecule has 0 spiro atoms. The highest BCUT2D eigenvalue weighted by molar-refractivity contribution is 4.98. The summed E-state index contributed by atoms with van der Waals surface area (Å²) in [6.45, 7) is 4.65. The number of ether oxygens (including phenoxy) is 1. The molecule has 0 radical (unpaired) electrons. The molecule has 0 aliphatic heterocycles. The van der Waals surface area contributed by atoms with Gasteiger partial charge in [0, 0.05) is 6.61 Å². The van der Waals surface area contributed by atoms with Crippen molar-refractivity contribution >= 4 is 0 Å². The molecule has 1 aromatic heterocycles. The highest BCUT2D eigenvalue weighted by Crippen LogP contribution is 2.11. The normalized spacial score (nSPS) is 15.4. The smallest absolute Gasteiger partial charge is 0.379 e. The molecular formula is C8H15N3O3. The summed E-state index contributed by atoms with van der Waals surface area (Å²) in [5.41, 5.74) is 5.06. The molecule has 0 saturated heterocycles. The van der Waals surface area contributed by atoms with Crippen LogP contribution in [0, 0.1) is 0 Å². The van der Waals surface area contributed by atoms with Crippen LogP contribution in [0.5, 0.6) is 0 Å². The molecule has 3 N–H and O–H groups in total. The Morgan fingerprint density at radius 3 is 2.93 bits per heavy atom. The lowest BCUT2D eigenvalue weighted by Crippen LogP contribution is -2.39. The zero-order chi connectivity index (χ0) is 10.6. The Morgan fingerprint density at radius 2 is 2.43 bits per heavy atom. The number of hydrogen-bond donors (Lipinski definition) is 2. The van der Waals surface area contributed by atoms with Crippen LogP contribution in [-0.2, 0) is 10.3 Å². The van der Waals surface area contributed by atoms with Gasteiger partial charge in [-0.05, 0) is 13.3 Å². The molecule has 1 rings (SSSR count). The summed E-state index contributed by atoms with van der Waals surface area (Å²) in [4.78, 5) is 13.1. The van der Waals surface area contributed by atoms with Crippen molar-refractivity contribution in [3.05, 3.63) is 16.4 Å². The number of hydrogen-bond acceptors (Lipinski definition) is 5. The molecule has 6 heteroatoms. The van der Waals surface area contributed by atoms with Gasteiger partial charge in [-0.15, -0.1) is 0 Å². The Kier molecular flexibility index (Phi) is 3.43. The monoisotopic (exact) mass is 201 g/mol. The highest BCUT2D eigenvalue weighted by Gasteiger charge is 2.26. The summed E-state index contributed by atoms with van der Waals surface area (Å²) in [5, 5.41) is 3.52. The van der Waals surface area contributed by atoms with E-state index in [2.05, 4.69) is 14.7 Å². The van der Waals surface area contributed by atoms with Crippen molar-refractivity contribution in [3.63, 3.8) is 0 Å². The number of nitrogens with zero attached hydrogens (tertiary/aromatic N) is 1. The Balaban J connectivity index is 2.60. The first-order valence-corrected chi connectivity index (χ1v) is 4.49. The van der Waals surface area contributed by atoms with Crippen molar-refractivity contribution in [1.29, 1.82) is 0 Å². The summed E-state index contributed by atoms with van der Waals surface area (Å²) in [7, 11) is 0. The molecule has 0 aliphatic carbocycles. The quantitative estimate of drug-likeness (QED) is 0.652. The van der Waals surface area contributed by atoms with E-state index in [0.29, 0.717) is 19.0 Å². The van der Waals surface area contributed by atoms with E-state index in [9.17, 15) is 4.79 Å². The van der Waals surface area contributed by atoms with Crippen LogP contribution in [0.4, 0.5) is 0 Å². The van der Waals surface area contributed by atoms with Crippen LogP contribution in [0.25, 0.3) is 0 Å². The van der Waals surface area contributed by atoms with Crippen molar-refractivity contribution in [2.24, 2.45) is 5.73 Å². The standard InChI is InChI=1S/C8H15N3O3/c1-3-4-13-5-8(2,9)6-10-7(12)14-11-6/h3-5,9H2,1-2H3,(H,10,11,12). The van der Waals surface area contributed by atoms with Gasteiger partial charge >= 0.3 is 5.76 Å². The molecular weight excluding hydrogens is 186 g/mol. The number of nitrogens with two attached hydrogens (primary N) is 1. The summed E-state index contributed by atoms with van der Waals surface area (Å²) in [6.07, 6.45) is 0.922. The zero-order valence-electron chi connectivity index (χ0n) is 8.37. The summed E-state index contributed by atoms with van der Waals surface area (Å²) in [6, 6.07) is 0. The SMILES string of the molecule is CCCOCC(C)(N)c1noc(=O)[nH]1. The van der Waals surface area contributed by atoms with Gasteiger partial charge in [0.2, 0.25) is 0 Å². The first kappa shape index (κ1) is 10.9. The van der Waals surface area contributed by atoms with E-state index in [0.717, 1.165) is 6.42 Å². The van der Waals surface area contributed by atoms with E-state index in [-0.39, 0.29) is 0 Å².